The molecule has 0 radical (unpaired) electrons. The molecular weight excluding hydrogens is 387 g/mol. The van der Waals surface area contributed by atoms with Crippen LogP contribution in [-0.4, -0.2) is 16.9 Å². The highest BCUT2D eigenvalue weighted by atomic mass is 19.1. The van der Waals surface area contributed by atoms with Gasteiger partial charge in [0.1, 0.15) is 23.1 Å². The fourth-order valence-electron chi connectivity index (χ4n) is 2.54. The van der Waals surface area contributed by atoms with E-state index in [-0.39, 0.29) is 11.7 Å². The number of carbonyl (C=O) groups is 2. The minimum atomic E-state index is -0.447. The summed E-state index contributed by atoms with van der Waals surface area (Å²) in [6.45, 7) is 1.93. The highest BCUT2D eigenvalue weighted by molar-refractivity contribution is 5.99. The zero-order valence-corrected chi connectivity index (χ0v) is 16.3. The predicted octanol–water partition coefficient (Wildman–Crippen LogP) is 5.40. The topological polar surface area (TPSA) is 92.4 Å². The summed E-state index contributed by atoms with van der Waals surface area (Å²) in [5, 5.41) is 8.01. The molecule has 0 spiro atoms. The van der Waals surface area contributed by atoms with Crippen LogP contribution in [0.4, 0.5) is 26.4 Å². The molecule has 3 amide bonds. The predicted molar refractivity (Wildman–Crippen MR) is 113 cm³/mol. The highest BCUT2D eigenvalue weighted by Gasteiger charge is 2.06. The van der Waals surface area contributed by atoms with Crippen molar-refractivity contribution in [1.29, 1.82) is 0 Å². The van der Waals surface area contributed by atoms with E-state index in [0.717, 1.165) is 6.42 Å². The fourth-order valence-corrected chi connectivity index (χ4v) is 2.54. The third-order valence-corrected chi connectivity index (χ3v) is 3.93. The maximum absolute atomic E-state index is 12.9. The molecule has 7 nitrogen and oxygen atoms in total. The van der Waals surface area contributed by atoms with E-state index >= 15 is 0 Å². The Hall–Kier alpha value is -3.94. The highest BCUT2D eigenvalue weighted by Crippen LogP contribution is 2.24. The SMILES string of the molecule is CCCC(=O)Nc1cc(Oc2ccc(NC(=O)Nc3ccc(F)cc3)cc2)ccn1. The van der Waals surface area contributed by atoms with E-state index in [1.165, 1.54) is 24.3 Å². The van der Waals surface area contributed by atoms with E-state index in [9.17, 15) is 14.0 Å². The molecule has 0 aliphatic heterocycles. The van der Waals surface area contributed by atoms with Gasteiger partial charge >= 0.3 is 6.03 Å². The van der Waals surface area contributed by atoms with Gasteiger partial charge in [0.05, 0.1) is 0 Å². The standard InChI is InChI=1S/C22H21FN4O3/c1-2-3-21(28)27-20-14-19(12-13-24-20)30-18-10-8-17(9-11-18)26-22(29)25-16-6-4-15(23)5-7-16/h4-14H,2-3H2,1H3,(H,24,27,28)(H2,25,26,29). The molecule has 154 valence electrons. The summed E-state index contributed by atoms with van der Waals surface area (Å²) >= 11 is 0. The molecule has 0 saturated carbocycles. The van der Waals surface area contributed by atoms with Crippen molar-refractivity contribution in [3.8, 4) is 11.5 Å². The largest absolute Gasteiger partial charge is 0.457 e. The van der Waals surface area contributed by atoms with Crippen molar-refractivity contribution in [2.45, 2.75) is 19.8 Å². The van der Waals surface area contributed by atoms with E-state index in [0.29, 0.717) is 35.1 Å². The number of urea groups is 1. The van der Waals surface area contributed by atoms with Gasteiger partial charge in [-0.15, -0.1) is 0 Å². The lowest BCUT2D eigenvalue weighted by Gasteiger charge is -2.10. The van der Waals surface area contributed by atoms with Gasteiger partial charge < -0.3 is 20.7 Å². The van der Waals surface area contributed by atoms with Crippen LogP contribution in [0.5, 0.6) is 11.5 Å². The lowest BCUT2D eigenvalue weighted by Crippen LogP contribution is -2.19. The number of carbonyl (C=O) groups excluding carboxylic acids is 2. The molecule has 3 rings (SSSR count). The Labute approximate surface area is 173 Å². The Bertz CT molecular complexity index is 1010. The third-order valence-electron chi connectivity index (χ3n) is 3.93. The maximum atomic E-state index is 12.9. The average molecular weight is 408 g/mol. The van der Waals surface area contributed by atoms with Crippen LogP contribution in [0.1, 0.15) is 19.8 Å². The van der Waals surface area contributed by atoms with Crippen LogP contribution in [0.25, 0.3) is 0 Å². The summed E-state index contributed by atoms with van der Waals surface area (Å²) in [7, 11) is 0. The Morgan fingerprint density at radius 3 is 2.17 bits per heavy atom. The Morgan fingerprint density at radius 1 is 0.900 bits per heavy atom. The number of rotatable bonds is 7. The van der Waals surface area contributed by atoms with Crippen LogP contribution in [-0.2, 0) is 4.79 Å². The van der Waals surface area contributed by atoms with Gasteiger partial charge in [-0.1, -0.05) is 6.92 Å². The summed E-state index contributed by atoms with van der Waals surface area (Å²) in [5.74, 6) is 1.02. The third kappa shape index (κ3) is 6.30. The number of nitrogens with one attached hydrogen (secondary N) is 3. The summed E-state index contributed by atoms with van der Waals surface area (Å²) in [4.78, 5) is 27.8. The van der Waals surface area contributed by atoms with Crippen molar-refractivity contribution < 1.29 is 18.7 Å². The first-order valence-corrected chi connectivity index (χ1v) is 9.39. The number of halogens is 1. The Morgan fingerprint density at radius 2 is 1.53 bits per heavy atom. The van der Waals surface area contributed by atoms with Crippen LogP contribution in [0, 0.1) is 5.82 Å². The van der Waals surface area contributed by atoms with Crippen LogP contribution >= 0.6 is 0 Å². The number of anilines is 3. The maximum Gasteiger partial charge on any atom is 0.323 e. The summed E-state index contributed by atoms with van der Waals surface area (Å²) in [6.07, 6.45) is 2.73. The van der Waals surface area contributed by atoms with Crippen LogP contribution in [0.3, 0.4) is 0 Å². The van der Waals surface area contributed by atoms with Crippen LogP contribution in [0.15, 0.2) is 66.9 Å². The molecule has 0 fully saturated rings. The van der Waals surface area contributed by atoms with Gasteiger partial charge in [-0.3, -0.25) is 4.79 Å². The van der Waals surface area contributed by atoms with Crippen molar-refractivity contribution in [2.24, 2.45) is 0 Å². The van der Waals surface area contributed by atoms with E-state index in [2.05, 4.69) is 20.9 Å². The lowest BCUT2D eigenvalue weighted by molar-refractivity contribution is -0.116. The summed E-state index contributed by atoms with van der Waals surface area (Å²) in [5.41, 5.74) is 1.04. The molecule has 1 heterocycles. The van der Waals surface area contributed by atoms with Gasteiger partial charge in [0.25, 0.3) is 0 Å². The minimum Gasteiger partial charge on any atom is -0.457 e. The van der Waals surface area contributed by atoms with E-state index in [1.54, 1.807) is 42.6 Å². The zero-order valence-electron chi connectivity index (χ0n) is 16.3. The summed E-state index contributed by atoms with van der Waals surface area (Å²) < 4.78 is 18.7. The van der Waals surface area contributed by atoms with Gasteiger partial charge in [0.2, 0.25) is 5.91 Å². The molecular formula is C22H21FN4O3. The number of ether oxygens (including phenoxy) is 1. The monoisotopic (exact) mass is 408 g/mol. The molecule has 0 unspecified atom stereocenters. The van der Waals surface area contributed by atoms with E-state index in [4.69, 9.17) is 4.74 Å². The van der Waals surface area contributed by atoms with E-state index < -0.39 is 6.03 Å². The number of benzene rings is 2. The van der Waals surface area contributed by atoms with Crippen LogP contribution in [0.2, 0.25) is 0 Å². The van der Waals surface area contributed by atoms with Gasteiger partial charge in [-0.25, -0.2) is 14.2 Å². The van der Waals surface area contributed by atoms with Crippen molar-refractivity contribution in [2.75, 3.05) is 16.0 Å². The molecule has 0 atom stereocenters. The number of hydrogen-bond donors (Lipinski definition) is 3. The number of amides is 3. The molecule has 0 aliphatic rings. The van der Waals surface area contributed by atoms with Gasteiger partial charge in [0.15, 0.2) is 0 Å². The lowest BCUT2D eigenvalue weighted by atomic mass is 10.3. The Kier molecular flexibility index (Phi) is 6.94. The number of pyridine rings is 1. The van der Waals surface area contributed by atoms with E-state index in [1.807, 2.05) is 6.92 Å². The number of hydrogen-bond acceptors (Lipinski definition) is 4. The zero-order chi connectivity index (χ0) is 21.3. The first-order valence-electron chi connectivity index (χ1n) is 9.39. The average Bonchev–Trinajstić information content (AvgIpc) is 2.72. The number of aromatic nitrogens is 1. The molecule has 8 heteroatoms. The van der Waals surface area contributed by atoms with Gasteiger partial charge in [0, 0.05) is 30.1 Å². The van der Waals surface area contributed by atoms with Crippen molar-refractivity contribution >= 4 is 29.1 Å². The first-order chi connectivity index (χ1) is 14.5. The Balaban J connectivity index is 1.56. The smallest absolute Gasteiger partial charge is 0.323 e. The van der Waals surface area contributed by atoms with Crippen molar-refractivity contribution in [1.82, 2.24) is 4.98 Å². The molecule has 0 saturated heterocycles. The van der Waals surface area contributed by atoms with Crippen molar-refractivity contribution in [3.63, 3.8) is 0 Å². The van der Waals surface area contributed by atoms with Gasteiger partial charge in [-0.05, 0) is 61.0 Å². The molecule has 0 aliphatic carbocycles. The second-order valence-corrected chi connectivity index (χ2v) is 6.39. The normalized spacial score (nSPS) is 10.2. The molecule has 30 heavy (non-hydrogen) atoms. The fraction of sp³-hybridized carbons (Fsp3) is 0.136. The second kappa shape index (κ2) is 10.0. The van der Waals surface area contributed by atoms with Crippen LogP contribution < -0.4 is 20.7 Å². The molecule has 1 aromatic heterocycles. The minimum absolute atomic E-state index is 0.100. The van der Waals surface area contributed by atoms with Gasteiger partial charge in [-0.2, -0.15) is 0 Å². The molecule has 0 bridgehead atoms. The number of nitrogens with zero attached hydrogens (tertiary/aromatic N) is 1. The first kappa shape index (κ1) is 20.8. The van der Waals surface area contributed by atoms with Crippen molar-refractivity contribution in [3.05, 3.63) is 72.7 Å². The molecule has 2 aromatic carbocycles. The molecule has 3 aromatic rings. The second-order valence-electron chi connectivity index (χ2n) is 6.39. The summed E-state index contributed by atoms with van der Waals surface area (Å²) in [6, 6.07) is 15.1. The molecule has 3 N–H and O–H groups in total. The quantitative estimate of drug-likeness (QED) is 0.488.